The van der Waals surface area contributed by atoms with Crippen LogP contribution in [0.3, 0.4) is 0 Å². The fourth-order valence-electron chi connectivity index (χ4n) is 5.36. The summed E-state index contributed by atoms with van der Waals surface area (Å²) in [7, 11) is -4.27. The summed E-state index contributed by atoms with van der Waals surface area (Å²) in [4.78, 5) is 34.6. The molecule has 0 aliphatic rings. The summed E-state index contributed by atoms with van der Waals surface area (Å²) < 4.78 is 32.5. The van der Waals surface area contributed by atoms with Gasteiger partial charge in [0.1, 0.15) is 6.61 Å². The van der Waals surface area contributed by atoms with Crippen LogP contribution in [-0.4, -0.2) is 42.8 Å². The Balaban J connectivity index is 0. The minimum Gasteiger partial charge on any atom is -0.462 e. The molecule has 0 aromatic rings. The highest BCUT2D eigenvalue weighted by atomic mass is 31.2. The van der Waals surface area contributed by atoms with E-state index in [2.05, 4.69) is 38.2 Å². The van der Waals surface area contributed by atoms with Gasteiger partial charge < -0.3 is 20.5 Å². The van der Waals surface area contributed by atoms with Gasteiger partial charge >= 0.3 is 19.8 Å². The zero-order chi connectivity index (χ0) is 35.4. The Morgan fingerprint density at radius 2 is 1.00 bits per heavy atom. The zero-order valence-electron chi connectivity index (χ0n) is 31.9. The monoisotopic (exact) mass is 718 g/mol. The SMILES string of the molecule is CCCCC/C=C\C/C=C\CCCCCCCC(=O)OC[C@H](COP(=O)(O)OCC)OC(=O)CCCCCCCCCCCCCCC.N. The number of carbonyl (C=O) groups is 2. The molecule has 1 unspecified atom stereocenters. The maximum atomic E-state index is 12.5. The summed E-state index contributed by atoms with van der Waals surface area (Å²) in [5.41, 5.74) is 0. The number of unbranched alkanes of at least 4 members (excludes halogenated alkanes) is 20. The molecule has 0 fully saturated rings. The Morgan fingerprint density at radius 3 is 1.51 bits per heavy atom. The number of hydrogen-bond acceptors (Lipinski definition) is 8. The van der Waals surface area contributed by atoms with Gasteiger partial charge in [0.15, 0.2) is 6.10 Å². The summed E-state index contributed by atoms with van der Waals surface area (Å²) in [5.74, 6) is -0.809. The maximum Gasteiger partial charge on any atom is 0.472 e. The third-order valence-corrected chi connectivity index (χ3v) is 9.32. The third kappa shape index (κ3) is 37.6. The van der Waals surface area contributed by atoms with Crippen molar-refractivity contribution < 1.29 is 37.6 Å². The maximum absolute atomic E-state index is 12.5. The van der Waals surface area contributed by atoms with Gasteiger partial charge in [-0.05, 0) is 51.9 Å². The van der Waals surface area contributed by atoms with Crippen LogP contribution in [0.5, 0.6) is 0 Å². The van der Waals surface area contributed by atoms with Crippen LogP contribution in [0.2, 0.25) is 0 Å². The second kappa shape index (κ2) is 37.7. The zero-order valence-corrected chi connectivity index (χ0v) is 32.7. The van der Waals surface area contributed by atoms with Crippen molar-refractivity contribution in [2.24, 2.45) is 0 Å². The summed E-state index contributed by atoms with van der Waals surface area (Å²) in [5, 5.41) is 0. The van der Waals surface area contributed by atoms with Gasteiger partial charge in [-0.1, -0.05) is 147 Å². The minimum atomic E-state index is -4.27. The Bertz CT molecular complexity index is 851. The molecular weight excluding hydrogens is 641 g/mol. The highest BCUT2D eigenvalue weighted by molar-refractivity contribution is 7.47. The van der Waals surface area contributed by atoms with Crippen LogP contribution in [0.4, 0.5) is 0 Å². The predicted molar refractivity (Wildman–Crippen MR) is 203 cm³/mol. The average molecular weight is 718 g/mol. The van der Waals surface area contributed by atoms with E-state index in [1.807, 2.05) is 0 Å². The van der Waals surface area contributed by atoms with Crippen molar-refractivity contribution in [3.05, 3.63) is 24.3 Å². The van der Waals surface area contributed by atoms with Crippen molar-refractivity contribution in [3.63, 3.8) is 0 Å². The second-order valence-corrected chi connectivity index (χ2v) is 14.4. The number of ether oxygens (including phenoxy) is 2. The Labute approximate surface area is 300 Å². The molecule has 0 amide bonds. The van der Waals surface area contributed by atoms with Gasteiger partial charge in [-0.2, -0.15) is 0 Å². The molecule has 4 N–H and O–H groups in total. The number of rotatable bonds is 36. The van der Waals surface area contributed by atoms with Crippen molar-refractivity contribution >= 4 is 19.8 Å². The lowest BCUT2D eigenvalue weighted by atomic mass is 10.0. The van der Waals surface area contributed by atoms with Crippen molar-refractivity contribution in [3.8, 4) is 0 Å². The normalized spacial score (nSPS) is 13.4. The average Bonchev–Trinajstić information content (AvgIpc) is 3.06. The standard InChI is InChI=1S/C39H73O8P.H3N/c1-4-7-9-11-13-15-17-19-20-22-23-25-27-29-31-33-38(40)44-35-37(36-46-48(42,43)45-6-3)47-39(41)34-32-30-28-26-24-21-18-16-14-12-10-8-5-2;/h13,15,19-20,37H,4-12,14,16-18,21-36H2,1-3H3,(H,42,43);1H3/b15-13-,20-19-;/t37-;/m1./s1. The number of carbonyl (C=O) groups excluding carboxylic acids is 2. The lowest BCUT2D eigenvalue weighted by molar-refractivity contribution is -0.161. The van der Waals surface area contributed by atoms with E-state index in [1.165, 1.54) is 89.9 Å². The van der Waals surface area contributed by atoms with Gasteiger partial charge in [-0.25, -0.2) is 4.57 Å². The van der Waals surface area contributed by atoms with Gasteiger partial charge in [0.25, 0.3) is 0 Å². The second-order valence-electron chi connectivity index (χ2n) is 13.0. The summed E-state index contributed by atoms with van der Waals surface area (Å²) >= 11 is 0. The molecule has 0 bridgehead atoms. The number of phosphoric acid groups is 1. The number of allylic oxidation sites excluding steroid dienone is 4. The molecule has 9 nitrogen and oxygen atoms in total. The van der Waals surface area contributed by atoms with Crippen molar-refractivity contribution in [1.82, 2.24) is 6.15 Å². The third-order valence-electron chi connectivity index (χ3n) is 8.26. The van der Waals surface area contributed by atoms with Crippen LogP contribution in [0.15, 0.2) is 24.3 Å². The van der Waals surface area contributed by atoms with Crippen LogP contribution in [0.1, 0.15) is 188 Å². The molecule has 49 heavy (non-hydrogen) atoms. The van der Waals surface area contributed by atoms with Crippen LogP contribution in [0.25, 0.3) is 0 Å². The quantitative estimate of drug-likeness (QED) is 0.0280. The van der Waals surface area contributed by atoms with Crippen LogP contribution in [-0.2, 0) is 32.7 Å². The Hall–Kier alpha value is -1.51. The molecule has 0 heterocycles. The number of esters is 2. The van der Waals surface area contributed by atoms with E-state index < -0.39 is 26.5 Å². The molecule has 0 aromatic carbocycles. The molecule has 0 rings (SSSR count). The molecular formula is C39H76NO8P. The molecule has 0 saturated heterocycles. The van der Waals surface area contributed by atoms with Gasteiger partial charge in [0.05, 0.1) is 13.2 Å². The van der Waals surface area contributed by atoms with Crippen molar-refractivity contribution in [2.75, 3.05) is 19.8 Å². The number of phosphoric ester groups is 1. The molecule has 0 aliphatic heterocycles. The van der Waals surface area contributed by atoms with E-state index in [-0.39, 0.29) is 38.2 Å². The van der Waals surface area contributed by atoms with E-state index in [1.54, 1.807) is 6.92 Å². The molecule has 0 aliphatic carbocycles. The molecule has 0 saturated carbocycles. The highest BCUT2D eigenvalue weighted by Crippen LogP contribution is 2.43. The summed E-state index contributed by atoms with van der Waals surface area (Å²) in [6.45, 7) is 5.43. The van der Waals surface area contributed by atoms with Gasteiger partial charge in [0, 0.05) is 12.8 Å². The highest BCUT2D eigenvalue weighted by Gasteiger charge is 2.25. The van der Waals surface area contributed by atoms with E-state index in [4.69, 9.17) is 18.5 Å². The predicted octanol–water partition coefficient (Wildman–Crippen LogP) is 12.1. The topological polar surface area (TPSA) is 143 Å². The van der Waals surface area contributed by atoms with Crippen LogP contribution in [0, 0.1) is 0 Å². The summed E-state index contributed by atoms with van der Waals surface area (Å²) in [6, 6.07) is 0. The first-order valence-electron chi connectivity index (χ1n) is 19.6. The molecule has 0 radical (unpaired) electrons. The van der Waals surface area contributed by atoms with Crippen molar-refractivity contribution in [1.29, 1.82) is 0 Å². The first kappa shape index (κ1) is 49.6. The van der Waals surface area contributed by atoms with E-state index in [0.717, 1.165) is 57.8 Å². The Kier molecular flexibility index (Phi) is 38.2. The molecule has 10 heteroatoms. The first-order valence-corrected chi connectivity index (χ1v) is 21.1. The molecule has 290 valence electrons. The summed E-state index contributed by atoms with van der Waals surface area (Å²) in [6.07, 6.45) is 36.5. The van der Waals surface area contributed by atoms with Crippen molar-refractivity contribution in [2.45, 2.75) is 194 Å². The van der Waals surface area contributed by atoms with Crippen LogP contribution >= 0.6 is 7.82 Å². The number of hydrogen-bond donors (Lipinski definition) is 2. The smallest absolute Gasteiger partial charge is 0.462 e. The van der Waals surface area contributed by atoms with Gasteiger partial charge in [-0.15, -0.1) is 0 Å². The van der Waals surface area contributed by atoms with E-state index in [0.29, 0.717) is 6.42 Å². The van der Waals surface area contributed by atoms with E-state index >= 15 is 0 Å². The van der Waals surface area contributed by atoms with E-state index in [9.17, 15) is 19.0 Å². The lowest BCUT2D eigenvalue weighted by Gasteiger charge is -2.19. The molecule has 0 spiro atoms. The van der Waals surface area contributed by atoms with Gasteiger partial charge in [-0.3, -0.25) is 18.6 Å². The minimum absolute atomic E-state index is 0. The lowest BCUT2D eigenvalue weighted by Crippen LogP contribution is -2.29. The Morgan fingerprint density at radius 1 is 0.571 bits per heavy atom. The first-order chi connectivity index (χ1) is 23.3. The largest absolute Gasteiger partial charge is 0.472 e. The molecule has 2 atom stereocenters. The molecule has 0 aromatic heterocycles. The fraction of sp³-hybridized carbons (Fsp3) is 0.846. The van der Waals surface area contributed by atoms with Gasteiger partial charge in [0.2, 0.25) is 0 Å². The fourth-order valence-corrected chi connectivity index (χ4v) is 6.12. The van der Waals surface area contributed by atoms with Crippen LogP contribution < -0.4 is 6.15 Å².